The second-order valence-electron chi connectivity index (χ2n) is 5.12. The van der Waals surface area contributed by atoms with Crippen LogP contribution in [0.1, 0.15) is 22.8 Å². The minimum Gasteiger partial charge on any atom is -0.497 e. The number of ether oxygens (including phenoxy) is 2. The minimum absolute atomic E-state index is 0.186. The Morgan fingerprint density at radius 3 is 2.29 bits per heavy atom. The molecule has 0 aliphatic rings. The van der Waals surface area contributed by atoms with Crippen molar-refractivity contribution in [2.75, 3.05) is 7.11 Å². The van der Waals surface area contributed by atoms with Gasteiger partial charge in [-0.3, -0.25) is 4.79 Å². The van der Waals surface area contributed by atoms with E-state index in [1.54, 1.807) is 19.2 Å². The van der Waals surface area contributed by atoms with E-state index < -0.39 is 23.8 Å². The maximum absolute atomic E-state index is 12.8. The number of hydrogen-bond acceptors (Lipinski definition) is 4. The van der Waals surface area contributed by atoms with Crippen molar-refractivity contribution in [3.63, 3.8) is 0 Å². The minimum atomic E-state index is -0.958. The summed E-state index contributed by atoms with van der Waals surface area (Å²) >= 11 is 0. The van der Waals surface area contributed by atoms with Crippen molar-refractivity contribution in [1.29, 1.82) is 0 Å². The summed E-state index contributed by atoms with van der Waals surface area (Å²) < 4.78 is 23.0. The fourth-order valence-corrected chi connectivity index (χ4v) is 1.94. The van der Waals surface area contributed by atoms with E-state index >= 15 is 0 Å². The molecule has 0 fully saturated rings. The number of amides is 1. The van der Waals surface area contributed by atoms with Gasteiger partial charge in [-0.15, -0.1) is 0 Å². The van der Waals surface area contributed by atoms with E-state index in [-0.39, 0.29) is 5.56 Å². The predicted octanol–water partition coefficient (Wildman–Crippen LogP) is 2.70. The average Bonchev–Trinajstić information content (AvgIpc) is 2.60. The third-order valence-corrected chi connectivity index (χ3v) is 3.36. The molecule has 2 aromatic rings. The lowest BCUT2D eigenvalue weighted by atomic mass is 10.2. The zero-order chi connectivity index (χ0) is 17.5. The van der Waals surface area contributed by atoms with Gasteiger partial charge in [-0.05, 0) is 48.9 Å². The van der Waals surface area contributed by atoms with E-state index in [0.717, 1.165) is 23.4 Å². The van der Waals surface area contributed by atoms with E-state index in [0.29, 0.717) is 6.54 Å². The highest BCUT2D eigenvalue weighted by Crippen LogP contribution is 2.11. The second-order valence-corrected chi connectivity index (χ2v) is 5.12. The Kier molecular flexibility index (Phi) is 5.89. The third kappa shape index (κ3) is 4.81. The predicted molar refractivity (Wildman–Crippen MR) is 86.1 cm³/mol. The summed E-state index contributed by atoms with van der Waals surface area (Å²) in [5.74, 6) is -0.813. The summed E-state index contributed by atoms with van der Waals surface area (Å²) in [5, 5.41) is 2.69. The van der Waals surface area contributed by atoms with Gasteiger partial charge in [0.05, 0.1) is 12.7 Å². The first kappa shape index (κ1) is 17.5. The molecule has 0 aromatic heterocycles. The summed E-state index contributed by atoms with van der Waals surface area (Å²) in [6, 6.07) is 12.2. The van der Waals surface area contributed by atoms with Gasteiger partial charge < -0.3 is 14.8 Å². The molecule has 24 heavy (non-hydrogen) atoms. The Morgan fingerprint density at radius 1 is 1.08 bits per heavy atom. The zero-order valence-corrected chi connectivity index (χ0v) is 13.4. The van der Waals surface area contributed by atoms with Crippen LogP contribution in [0.5, 0.6) is 5.75 Å². The first-order valence-electron chi connectivity index (χ1n) is 7.37. The van der Waals surface area contributed by atoms with Crippen molar-refractivity contribution in [1.82, 2.24) is 5.32 Å². The molecule has 2 aromatic carbocycles. The monoisotopic (exact) mass is 331 g/mol. The van der Waals surface area contributed by atoms with Crippen LogP contribution in [0.15, 0.2) is 48.5 Å². The number of carbonyl (C=O) groups is 2. The van der Waals surface area contributed by atoms with Gasteiger partial charge in [-0.1, -0.05) is 12.1 Å². The summed E-state index contributed by atoms with van der Waals surface area (Å²) in [5.41, 5.74) is 1.08. The Bertz CT molecular complexity index is 698. The largest absolute Gasteiger partial charge is 0.497 e. The fraction of sp³-hybridized carbons (Fsp3) is 0.222. The lowest BCUT2D eigenvalue weighted by Gasteiger charge is -2.13. The van der Waals surface area contributed by atoms with Crippen LogP contribution in [0.25, 0.3) is 0 Å². The maximum atomic E-state index is 12.8. The molecule has 1 N–H and O–H groups in total. The summed E-state index contributed by atoms with van der Waals surface area (Å²) in [6.07, 6.45) is -0.958. The molecule has 0 heterocycles. The third-order valence-electron chi connectivity index (χ3n) is 3.36. The Morgan fingerprint density at radius 2 is 1.71 bits per heavy atom. The molecule has 0 aliphatic carbocycles. The molecular weight excluding hydrogens is 313 g/mol. The smallest absolute Gasteiger partial charge is 0.338 e. The Balaban J connectivity index is 1.84. The van der Waals surface area contributed by atoms with Gasteiger partial charge in [0.25, 0.3) is 5.91 Å². The van der Waals surface area contributed by atoms with Crippen LogP contribution in [0.4, 0.5) is 4.39 Å². The van der Waals surface area contributed by atoms with E-state index in [9.17, 15) is 14.0 Å². The molecule has 0 aliphatic heterocycles. The molecular formula is C18H18FNO4. The number of methoxy groups -OCH3 is 1. The lowest BCUT2D eigenvalue weighted by molar-refractivity contribution is -0.129. The van der Waals surface area contributed by atoms with Crippen LogP contribution in [0.2, 0.25) is 0 Å². The molecule has 0 saturated carbocycles. The van der Waals surface area contributed by atoms with Crippen molar-refractivity contribution in [2.24, 2.45) is 0 Å². The highest BCUT2D eigenvalue weighted by molar-refractivity contribution is 5.92. The number of halogens is 1. The Labute approximate surface area is 139 Å². The number of hydrogen-bond donors (Lipinski definition) is 1. The van der Waals surface area contributed by atoms with Gasteiger partial charge in [0.2, 0.25) is 0 Å². The number of nitrogens with one attached hydrogen (secondary N) is 1. The first-order valence-corrected chi connectivity index (χ1v) is 7.37. The van der Waals surface area contributed by atoms with Gasteiger partial charge in [0, 0.05) is 6.54 Å². The van der Waals surface area contributed by atoms with Crippen LogP contribution in [-0.2, 0) is 16.1 Å². The van der Waals surface area contributed by atoms with Crippen molar-refractivity contribution in [3.8, 4) is 5.75 Å². The summed E-state index contributed by atoms with van der Waals surface area (Å²) in [6.45, 7) is 1.78. The summed E-state index contributed by atoms with van der Waals surface area (Å²) in [4.78, 5) is 23.9. The second kappa shape index (κ2) is 8.10. The standard InChI is InChI=1S/C18H18FNO4/c1-12(24-18(22)14-5-7-15(19)8-6-14)17(21)20-11-13-3-9-16(23-2)10-4-13/h3-10,12H,11H2,1-2H3,(H,20,21)/t12-/m0/s1. The lowest BCUT2D eigenvalue weighted by Crippen LogP contribution is -2.35. The molecule has 0 bridgehead atoms. The normalized spacial score (nSPS) is 11.5. The molecule has 2 rings (SSSR count). The molecule has 6 heteroatoms. The van der Waals surface area contributed by atoms with Gasteiger partial charge in [0.15, 0.2) is 6.10 Å². The molecule has 0 unspecified atom stereocenters. The highest BCUT2D eigenvalue weighted by atomic mass is 19.1. The van der Waals surface area contributed by atoms with Crippen molar-refractivity contribution < 1.29 is 23.5 Å². The quantitative estimate of drug-likeness (QED) is 0.827. The topological polar surface area (TPSA) is 64.6 Å². The SMILES string of the molecule is COc1ccc(CNC(=O)[C@H](C)OC(=O)c2ccc(F)cc2)cc1. The number of esters is 1. The molecule has 1 amide bonds. The molecule has 0 radical (unpaired) electrons. The van der Waals surface area contributed by atoms with E-state index in [1.165, 1.54) is 19.1 Å². The molecule has 126 valence electrons. The van der Waals surface area contributed by atoms with Gasteiger partial charge in [-0.2, -0.15) is 0 Å². The molecule has 1 atom stereocenters. The fourth-order valence-electron chi connectivity index (χ4n) is 1.94. The van der Waals surface area contributed by atoms with Crippen LogP contribution in [-0.4, -0.2) is 25.1 Å². The number of benzene rings is 2. The Hall–Kier alpha value is -2.89. The van der Waals surface area contributed by atoms with Crippen LogP contribution < -0.4 is 10.1 Å². The molecule has 5 nitrogen and oxygen atoms in total. The van der Waals surface area contributed by atoms with Gasteiger partial charge in [-0.25, -0.2) is 9.18 Å². The van der Waals surface area contributed by atoms with Gasteiger partial charge >= 0.3 is 5.97 Å². The molecule has 0 spiro atoms. The maximum Gasteiger partial charge on any atom is 0.338 e. The van der Waals surface area contributed by atoms with Crippen LogP contribution in [0, 0.1) is 5.82 Å². The van der Waals surface area contributed by atoms with E-state index in [4.69, 9.17) is 9.47 Å². The van der Waals surface area contributed by atoms with Crippen LogP contribution in [0.3, 0.4) is 0 Å². The van der Waals surface area contributed by atoms with Crippen molar-refractivity contribution in [2.45, 2.75) is 19.6 Å². The van der Waals surface area contributed by atoms with Crippen LogP contribution >= 0.6 is 0 Å². The average molecular weight is 331 g/mol. The summed E-state index contributed by atoms with van der Waals surface area (Å²) in [7, 11) is 1.58. The van der Waals surface area contributed by atoms with Crippen molar-refractivity contribution >= 4 is 11.9 Å². The highest BCUT2D eigenvalue weighted by Gasteiger charge is 2.18. The van der Waals surface area contributed by atoms with E-state index in [1.807, 2.05) is 12.1 Å². The first-order chi connectivity index (χ1) is 11.5. The van der Waals surface area contributed by atoms with E-state index in [2.05, 4.69) is 5.32 Å². The van der Waals surface area contributed by atoms with Crippen molar-refractivity contribution in [3.05, 3.63) is 65.5 Å². The zero-order valence-electron chi connectivity index (χ0n) is 13.4. The number of rotatable bonds is 6. The van der Waals surface area contributed by atoms with Gasteiger partial charge in [0.1, 0.15) is 11.6 Å². The molecule has 0 saturated heterocycles. The number of carbonyl (C=O) groups excluding carboxylic acids is 2.